The summed E-state index contributed by atoms with van der Waals surface area (Å²) in [6.07, 6.45) is 0. The number of hydrogen-bond acceptors (Lipinski definition) is 3. The van der Waals surface area contributed by atoms with Gasteiger partial charge in [0.1, 0.15) is 5.82 Å². The Morgan fingerprint density at radius 2 is 1.78 bits per heavy atom. The first-order valence-electron chi connectivity index (χ1n) is 8.80. The van der Waals surface area contributed by atoms with Gasteiger partial charge in [-0.2, -0.15) is 0 Å². The molecular formula is C20H21ClFN3O2. The van der Waals surface area contributed by atoms with E-state index in [1.54, 1.807) is 48.2 Å². The van der Waals surface area contributed by atoms with Crippen LogP contribution in [-0.2, 0) is 4.79 Å². The van der Waals surface area contributed by atoms with Gasteiger partial charge in [-0.1, -0.05) is 29.8 Å². The summed E-state index contributed by atoms with van der Waals surface area (Å²) in [7, 11) is 0. The number of benzene rings is 2. The molecule has 142 valence electrons. The molecule has 1 N–H and O–H groups in total. The van der Waals surface area contributed by atoms with Crippen molar-refractivity contribution in [3.05, 3.63) is 64.9 Å². The maximum atomic E-state index is 13.7. The van der Waals surface area contributed by atoms with E-state index >= 15 is 0 Å². The van der Waals surface area contributed by atoms with Crippen LogP contribution in [0.15, 0.2) is 48.5 Å². The average molecular weight is 390 g/mol. The van der Waals surface area contributed by atoms with Crippen LogP contribution >= 0.6 is 11.6 Å². The lowest BCUT2D eigenvalue weighted by atomic mass is 10.1. The third-order valence-corrected chi connectivity index (χ3v) is 4.97. The molecule has 1 fully saturated rings. The van der Waals surface area contributed by atoms with Gasteiger partial charge in [0.2, 0.25) is 5.91 Å². The minimum atomic E-state index is -0.463. The van der Waals surface area contributed by atoms with E-state index in [0.29, 0.717) is 36.8 Å². The standard InChI is InChI=1S/C20H21ClFN3O2/c1-14(19(26)23-18-8-3-2-7-17(18)22)24-9-11-25(12-10-24)20(27)15-5-4-6-16(21)13-15/h2-8,13-14H,9-12H2,1H3,(H,23,26). The second-order valence-corrected chi connectivity index (χ2v) is 6.92. The summed E-state index contributed by atoms with van der Waals surface area (Å²) in [5.74, 6) is -0.801. The van der Waals surface area contributed by atoms with Gasteiger partial charge in [-0.25, -0.2) is 4.39 Å². The molecule has 27 heavy (non-hydrogen) atoms. The van der Waals surface area contributed by atoms with Crippen LogP contribution in [0.5, 0.6) is 0 Å². The number of nitrogens with one attached hydrogen (secondary N) is 1. The molecule has 3 rings (SSSR count). The monoisotopic (exact) mass is 389 g/mol. The molecule has 1 heterocycles. The molecule has 7 heteroatoms. The van der Waals surface area contributed by atoms with Crippen LogP contribution in [-0.4, -0.2) is 53.8 Å². The molecule has 1 saturated heterocycles. The Hall–Kier alpha value is -2.44. The zero-order valence-corrected chi connectivity index (χ0v) is 15.7. The Balaban J connectivity index is 1.56. The molecule has 0 bridgehead atoms. The van der Waals surface area contributed by atoms with Crippen molar-refractivity contribution in [1.82, 2.24) is 9.80 Å². The summed E-state index contributed by atoms with van der Waals surface area (Å²) in [6.45, 7) is 3.95. The van der Waals surface area contributed by atoms with Gasteiger partial charge in [0.25, 0.3) is 5.91 Å². The van der Waals surface area contributed by atoms with Gasteiger partial charge in [-0.3, -0.25) is 14.5 Å². The van der Waals surface area contributed by atoms with Crippen molar-refractivity contribution >= 4 is 29.1 Å². The molecule has 1 aliphatic heterocycles. The summed E-state index contributed by atoms with van der Waals surface area (Å²) < 4.78 is 13.7. The third kappa shape index (κ3) is 4.64. The Kier molecular flexibility index (Phi) is 6.08. The first kappa shape index (κ1) is 19.3. The van der Waals surface area contributed by atoms with Crippen LogP contribution in [0.25, 0.3) is 0 Å². The molecule has 2 aromatic carbocycles. The first-order valence-corrected chi connectivity index (χ1v) is 9.18. The van der Waals surface area contributed by atoms with Crippen LogP contribution in [0.1, 0.15) is 17.3 Å². The first-order chi connectivity index (χ1) is 13.0. The van der Waals surface area contributed by atoms with Crippen molar-refractivity contribution in [3.8, 4) is 0 Å². The lowest BCUT2D eigenvalue weighted by Crippen LogP contribution is -2.54. The average Bonchev–Trinajstić information content (AvgIpc) is 2.68. The van der Waals surface area contributed by atoms with Crippen LogP contribution in [0.3, 0.4) is 0 Å². The largest absolute Gasteiger partial charge is 0.336 e. The van der Waals surface area contributed by atoms with Crippen molar-refractivity contribution in [2.75, 3.05) is 31.5 Å². The van der Waals surface area contributed by atoms with Crippen molar-refractivity contribution in [3.63, 3.8) is 0 Å². The molecule has 1 aliphatic rings. The summed E-state index contributed by atoms with van der Waals surface area (Å²) in [5, 5.41) is 3.15. The minimum Gasteiger partial charge on any atom is -0.336 e. The van der Waals surface area contributed by atoms with Crippen molar-refractivity contribution in [2.45, 2.75) is 13.0 Å². The van der Waals surface area contributed by atoms with E-state index in [2.05, 4.69) is 5.32 Å². The van der Waals surface area contributed by atoms with Crippen LogP contribution in [0.2, 0.25) is 5.02 Å². The second-order valence-electron chi connectivity index (χ2n) is 6.48. The Labute approximate surface area is 162 Å². The van der Waals surface area contributed by atoms with Gasteiger partial charge in [-0.05, 0) is 37.3 Å². The SMILES string of the molecule is CC(C(=O)Nc1ccccc1F)N1CCN(C(=O)c2cccc(Cl)c2)CC1. The molecule has 2 aromatic rings. The molecule has 0 aliphatic carbocycles. The fourth-order valence-corrected chi connectivity index (χ4v) is 3.27. The lowest BCUT2D eigenvalue weighted by Gasteiger charge is -2.37. The van der Waals surface area contributed by atoms with Gasteiger partial charge in [-0.15, -0.1) is 0 Å². The summed E-state index contributed by atoms with van der Waals surface area (Å²) in [4.78, 5) is 28.7. The molecule has 1 atom stereocenters. The minimum absolute atomic E-state index is 0.0689. The predicted octanol–water partition coefficient (Wildman–Crippen LogP) is 3.26. The highest BCUT2D eigenvalue weighted by Gasteiger charge is 2.28. The van der Waals surface area contributed by atoms with Gasteiger partial charge in [0, 0.05) is 36.8 Å². The van der Waals surface area contributed by atoms with Gasteiger partial charge >= 0.3 is 0 Å². The van der Waals surface area contributed by atoms with Gasteiger partial charge in [0.15, 0.2) is 0 Å². The third-order valence-electron chi connectivity index (χ3n) is 4.73. The Bertz CT molecular complexity index is 837. The number of piperazine rings is 1. The van der Waals surface area contributed by atoms with Crippen molar-refractivity contribution in [2.24, 2.45) is 0 Å². The Morgan fingerprint density at radius 1 is 1.07 bits per heavy atom. The highest BCUT2D eigenvalue weighted by Crippen LogP contribution is 2.17. The maximum Gasteiger partial charge on any atom is 0.253 e. The number of anilines is 1. The molecule has 1 unspecified atom stereocenters. The Morgan fingerprint density at radius 3 is 2.44 bits per heavy atom. The van der Waals surface area contributed by atoms with Crippen LogP contribution in [0, 0.1) is 5.82 Å². The van der Waals surface area contributed by atoms with Crippen LogP contribution in [0.4, 0.5) is 10.1 Å². The number of nitrogens with zero attached hydrogens (tertiary/aromatic N) is 2. The van der Waals surface area contributed by atoms with Crippen molar-refractivity contribution < 1.29 is 14.0 Å². The predicted molar refractivity (Wildman–Crippen MR) is 103 cm³/mol. The normalized spacial score (nSPS) is 16.0. The number of amides is 2. The molecular weight excluding hydrogens is 369 g/mol. The molecule has 0 radical (unpaired) electrons. The zero-order valence-electron chi connectivity index (χ0n) is 15.0. The fraction of sp³-hybridized carbons (Fsp3) is 0.300. The summed E-state index contributed by atoms with van der Waals surface area (Å²) in [5.41, 5.74) is 0.727. The smallest absolute Gasteiger partial charge is 0.253 e. The van der Waals surface area contributed by atoms with Crippen molar-refractivity contribution in [1.29, 1.82) is 0 Å². The lowest BCUT2D eigenvalue weighted by molar-refractivity contribution is -0.121. The van der Waals surface area contributed by atoms with E-state index in [1.807, 2.05) is 4.90 Å². The second kappa shape index (κ2) is 8.50. The molecule has 5 nitrogen and oxygen atoms in total. The number of hydrogen-bond donors (Lipinski definition) is 1. The van der Waals surface area contributed by atoms with E-state index in [-0.39, 0.29) is 17.5 Å². The maximum absolute atomic E-state index is 13.7. The van der Waals surface area contributed by atoms with Crippen LogP contribution < -0.4 is 5.32 Å². The fourth-order valence-electron chi connectivity index (χ4n) is 3.08. The highest BCUT2D eigenvalue weighted by molar-refractivity contribution is 6.30. The van der Waals surface area contributed by atoms with E-state index in [9.17, 15) is 14.0 Å². The van der Waals surface area contributed by atoms with E-state index in [4.69, 9.17) is 11.6 Å². The number of carbonyl (C=O) groups excluding carboxylic acids is 2. The molecule has 0 saturated carbocycles. The van der Waals surface area contributed by atoms with E-state index in [1.165, 1.54) is 12.1 Å². The highest BCUT2D eigenvalue weighted by atomic mass is 35.5. The molecule has 0 spiro atoms. The number of rotatable bonds is 4. The molecule has 0 aromatic heterocycles. The molecule has 2 amide bonds. The van der Waals surface area contributed by atoms with E-state index < -0.39 is 11.9 Å². The number of carbonyl (C=O) groups is 2. The summed E-state index contributed by atoms with van der Waals surface area (Å²) >= 11 is 5.95. The summed E-state index contributed by atoms with van der Waals surface area (Å²) in [6, 6.07) is 12.5. The number of para-hydroxylation sites is 1. The quantitative estimate of drug-likeness (QED) is 0.873. The topological polar surface area (TPSA) is 52.7 Å². The van der Waals surface area contributed by atoms with Gasteiger partial charge in [0.05, 0.1) is 11.7 Å². The number of halogens is 2. The van der Waals surface area contributed by atoms with E-state index in [0.717, 1.165) is 0 Å². The van der Waals surface area contributed by atoms with Gasteiger partial charge < -0.3 is 10.2 Å². The zero-order chi connectivity index (χ0) is 19.4.